The van der Waals surface area contributed by atoms with E-state index in [9.17, 15) is 9.18 Å². The molecule has 4 heteroatoms. The van der Waals surface area contributed by atoms with Crippen molar-refractivity contribution in [1.29, 1.82) is 0 Å². The van der Waals surface area contributed by atoms with Gasteiger partial charge < -0.3 is 5.11 Å². The average molecular weight is 217 g/mol. The molecule has 0 aliphatic heterocycles. The standard InChI is InChI=1S/C10H9FO2.ClH/c1-7-2-4-8(5-3-7)9(11)6-10(12)13;/h2-6H,1H3,(H,12,13);1H. The Bertz CT molecular complexity index is 344. The first-order chi connectivity index (χ1) is 6.09. The molecule has 0 spiro atoms. The second-order valence-electron chi connectivity index (χ2n) is 2.70. The van der Waals surface area contributed by atoms with Crippen molar-refractivity contribution in [2.24, 2.45) is 0 Å². The Labute approximate surface area is 87.5 Å². The normalized spacial score (nSPS) is 10.6. The number of carboxylic acid groups (broad SMARTS) is 1. The van der Waals surface area contributed by atoms with Crippen LogP contribution in [0.3, 0.4) is 0 Å². The van der Waals surface area contributed by atoms with Gasteiger partial charge in [-0.05, 0) is 6.92 Å². The van der Waals surface area contributed by atoms with Crippen LogP contribution in [0.2, 0.25) is 0 Å². The van der Waals surface area contributed by atoms with Gasteiger partial charge in [0.05, 0.1) is 6.08 Å². The highest BCUT2D eigenvalue weighted by Gasteiger charge is 2.01. The largest absolute Gasteiger partial charge is 0.478 e. The molecule has 0 bridgehead atoms. The molecular formula is C10H10ClFO2. The van der Waals surface area contributed by atoms with Crippen LogP contribution in [0.25, 0.3) is 5.83 Å². The van der Waals surface area contributed by atoms with E-state index in [0.29, 0.717) is 6.08 Å². The van der Waals surface area contributed by atoms with E-state index in [-0.39, 0.29) is 18.0 Å². The fourth-order valence-corrected chi connectivity index (χ4v) is 0.905. The predicted molar refractivity (Wildman–Crippen MR) is 55.1 cm³/mol. The van der Waals surface area contributed by atoms with Crippen LogP contribution in [0.1, 0.15) is 11.1 Å². The molecule has 0 aromatic heterocycles. The maximum absolute atomic E-state index is 13.0. The molecule has 0 radical (unpaired) electrons. The van der Waals surface area contributed by atoms with E-state index in [4.69, 9.17) is 5.11 Å². The molecule has 0 saturated heterocycles. The van der Waals surface area contributed by atoms with E-state index < -0.39 is 11.8 Å². The summed E-state index contributed by atoms with van der Waals surface area (Å²) in [6, 6.07) is 6.55. The van der Waals surface area contributed by atoms with Crippen molar-refractivity contribution in [2.45, 2.75) is 6.92 Å². The Kier molecular flexibility index (Phi) is 4.87. The monoisotopic (exact) mass is 216 g/mol. The summed E-state index contributed by atoms with van der Waals surface area (Å²) < 4.78 is 13.0. The summed E-state index contributed by atoms with van der Waals surface area (Å²) in [7, 11) is 0. The number of aryl methyl sites for hydroxylation is 1. The van der Waals surface area contributed by atoms with Crippen molar-refractivity contribution in [2.75, 3.05) is 0 Å². The van der Waals surface area contributed by atoms with E-state index >= 15 is 0 Å². The average Bonchev–Trinajstić information content (AvgIpc) is 2.04. The van der Waals surface area contributed by atoms with E-state index in [2.05, 4.69) is 0 Å². The fourth-order valence-electron chi connectivity index (χ4n) is 0.905. The first kappa shape index (κ1) is 12.7. The van der Waals surface area contributed by atoms with Crippen LogP contribution in [0.5, 0.6) is 0 Å². The molecule has 0 saturated carbocycles. The zero-order chi connectivity index (χ0) is 9.84. The van der Waals surface area contributed by atoms with Crippen molar-refractivity contribution in [3.63, 3.8) is 0 Å². The van der Waals surface area contributed by atoms with Crippen molar-refractivity contribution in [3.8, 4) is 0 Å². The number of halogens is 2. The fraction of sp³-hybridized carbons (Fsp3) is 0.100. The van der Waals surface area contributed by atoms with Gasteiger partial charge in [0.2, 0.25) is 0 Å². The van der Waals surface area contributed by atoms with Gasteiger partial charge in [-0.3, -0.25) is 0 Å². The van der Waals surface area contributed by atoms with Gasteiger partial charge in [-0.2, -0.15) is 0 Å². The molecule has 1 N–H and O–H groups in total. The van der Waals surface area contributed by atoms with Gasteiger partial charge in [0, 0.05) is 5.56 Å². The molecule has 0 heterocycles. The van der Waals surface area contributed by atoms with Gasteiger partial charge in [0.25, 0.3) is 0 Å². The molecule has 14 heavy (non-hydrogen) atoms. The van der Waals surface area contributed by atoms with Crippen LogP contribution in [-0.2, 0) is 4.79 Å². The van der Waals surface area contributed by atoms with Crippen LogP contribution in [0.4, 0.5) is 4.39 Å². The SMILES string of the molecule is Cc1ccc(C(F)=CC(=O)O)cc1.Cl. The van der Waals surface area contributed by atoms with Gasteiger partial charge in [0.15, 0.2) is 0 Å². The molecule has 0 fully saturated rings. The summed E-state index contributed by atoms with van der Waals surface area (Å²) in [5, 5.41) is 8.28. The summed E-state index contributed by atoms with van der Waals surface area (Å²) in [6.07, 6.45) is 0.546. The Morgan fingerprint density at radius 3 is 2.29 bits per heavy atom. The Morgan fingerprint density at radius 1 is 1.36 bits per heavy atom. The second-order valence-corrected chi connectivity index (χ2v) is 2.70. The molecule has 2 nitrogen and oxygen atoms in total. The number of hydrogen-bond acceptors (Lipinski definition) is 1. The highest BCUT2D eigenvalue weighted by Crippen LogP contribution is 2.15. The summed E-state index contributed by atoms with van der Waals surface area (Å²) in [6.45, 7) is 1.88. The van der Waals surface area contributed by atoms with Gasteiger partial charge in [-0.1, -0.05) is 29.8 Å². The van der Waals surface area contributed by atoms with E-state index in [1.54, 1.807) is 24.3 Å². The third-order valence-corrected chi connectivity index (χ3v) is 1.58. The van der Waals surface area contributed by atoms with Crippen molar-refractivity contribution in [3.05, 3.63) is 41.5 Å². The molecule has 76 valence electrons. The molecular weight excluding hydrogens is 207 g/mol. The lowest BCUT2D eigenvalue weighted by molar-refractivity contribution is -0.131. The summed E-state index contributed by atoms with van der Waals surface area (Å²) in [4.78, 5) is 10.1. The number of carboxylic acids is 1. The second kappa shape index (κ2) is 5.40. The van der Waals surface area contributed by atoms with Gasteiger partial charge in [-0.15, -0.1) is 12.4 Å². The maximum atomic E-state index is 13.0. The third-order valence-electron chi connectivity index (χ3n) is 1.58. The third kappa shape index (κ3) is 3.58. The van der Waals surface area contributed by atoms with Gasteiger partial charge in [-0.25, -0.2) is 9.18 Å². The number of aliphatic carboxylic acids is 1. The highest BCUT2D eigenvalue weighted by molar-refractivity contribution is 5.87. The van der Waals surface area contributed by atoms with Crippen LogP contribution in [-0.4, -0.2) is 11.1 Å². The Hall–Kier alpha value is -1.35. The summed E-state index contributed by atoms with van der Waals surface area (Å²) in [5.41, 5.74) is 1.29. The number of carbonyl (C=O) groups is 1. The number of benzene rings is 1. The minimum atomic E-state index is -1.28. The van der Waals surface area contributed by atoms with Crippen molar-refractivity contribution >= 4 is 24.2 Å². The summed E-state index contributed by atoms with van der Waals surface area (Å²) >= 11 is 0. The van der Waals surface area contributed by atoms with Crippen LogP contribution < -0.4 is 0 Å². The molecule has 0 aliphatic rings. The van der Waals surface area contributed by atoms with Crippen molar-refractivity contribution < 1.29 is 14.3 Å². The molecule has 0 unspecified atom stereocenters. The van der Waals surface area contributed by atoms with Crippen LogP contribution in [0, 0.1) is 6.92 Å². The minimum Gasteiger partial charge on any atom is -0.478 e. The van der Waals surface area contributed by atoms with E-state index in [1.165, 1.54) is 0 Å². The van der Waals surface area contributed by atoms with Crippen LogP contribution >= 0.6 is 12.4 Å². The lowest BCUT2D eigenvalue weighted by Crippen LogP contribution is -1.89. The van der Waals surface area contributed by atoms with E-state index in [1.807, 2.05) is 6.92 Å². The molecule has 0 aliphatic carbocycles. The highest BCUT2D eigenvalue weighted by atomic mass is 35.5. The molecule has 1 aromatic rings. The van der Waals surface area contributed by atoms with Crippen LogP contribution in [0.15, 0.2) is 30.3 Å². The predicted octanol–water partition coefficient (Wildman–Crippen LogP) is 2.81. The zero-order valence-electron chi connectivity index (χ0n) is 7.53. The zero-order valence-corrected chi connectivity index (χ0v) is 8.34. The van der Waals surface area contributed by atoms with Crippen molar-refractivity contribution in [1.82, 2.24) is 0 Å². The summed E-state index contributed by atoms with van der Waals surface area (Å²) in [5.74, 6) is -2.01. The number of rotatable bonds is 2. The minimum absolute atomic E-state index is 0. The first-order valence-electron chi connectivity index (χ1n) is 3.77. The number of hydrogen-bond donors (Lipinski definition) is 1. The molecule has 1 rings (SSSR count). The van der Waals surface area contributed by atoms with Gasteiger partial charge in [0.1, 0.15) is 5.83 Å². The topological polar surface area (TPSA) is 37.3 Å². The lowest BCUT2D eigenvalue weighted by Gasteiger charge is -1.96. The molecule has 1 aromatic carbocycles. The Morgan fingerprint density at radius 2 is 1.86 bits per heavy atom. The Balaban J connectivity index is 0.00000169. The first-order valence-corrected chi connectivity index (χ1v) is 3.77. The smallest absolute Gasteiger partial charge is 0.331 e. The van der Waals surface area contributed by atoms with Gasteiger partial charge >= 0.3 is 5.97 Å². The quantitative estimate of drug-likeness (QED) is 0.772. The maximum Gasteiger partial charge on any atom is 0.331 e. The molecule has 0 amide bonds. The molecule has 0 atom stereocenters. The lowest BCUT2D eigenvalue weighted by atomic mass is 10.1. The van der Waals surface area contributed by atoms with E-state index in [0.717, 1.165) is 5.56 Å².